The van der Waals surface area contributed by atoms with Crippen LogP contribution in [0.1, 0.15) is 52.0 Å². The summed E-state index contributed by atoms with van der Waals surface area (Å²) in [5.74, 6) is 0.699. The van der Waals surface area contributed by atoms with Gasteiger partial charge in [-0.3, -0.25) is 14.6 Å². The van der Waals surface area contributed by atoms with Crippen LogP contribution >= 0.6 is 11.6 Å². The molecule has 0 amide bonds. The summed E-state index contributed by atoms with van der Waals surface area (Å²) in [4.78, 5) is 11.7. The topological polar surface area (TPSA) is 37.8 Å². The molecule has 1 rings (SSSR count). The second kappa shape index (κ2) is 5.58. The molecule has 0 aliphatic carbocycles. The third-order valence-electron chi connectivity index (χ3n) is 2.79. The molecular weight excluding hydrogens is 224 g/mol. The van der Waals surface area contributed by atoms with Crippen molar-refractivity contribution in [3.05, 3.63) is 21.1 Å². The fourth-order valence-corrected chi connectivity index (χ4v) is 2.41. The molecule has 1 aromatic heterocycles. The first kappa shape index (κ1) is 13.4. The number of nitrogens with zero attached hydrogens (tertiary/aromatic N) is 1. The van der Waals surface area contributed by atoms with Crippen LogP contribution in [0.2, 0.25) is 5.15 Å². The lowest BCUT2D eigenvalue weighted by molar-refractivity contribution is 0.419. The number of H-pyrrole nitrogens is 1. The highest BCUT2D eigenvalue weighted by Crippen LogP contribution is 2.21. The molecule has 1 atom stereocenters. The molecule has 0 spiro atoms. The minimum absolute atomic E-state index is 0.0521. The van der Waals surface area contributed by atoms with Crippen molar-refractivity contribution >= 4 is 11.6 Å². The van der Waals surface area contributed by atoms with Crippen LogP contribution in [0.25, 0.3) is 0 Å². The van der Waals surface area contributed by atoms with Crippen LogP contribution in [0.3, 0.4) is 0 Å². The van der Waals surface area contributed by atoms with Gasteiger partial charge in [0.1, 0.15) is 5.15 Å². The van der Waals surface area contributed by atoms with E-state index in [1.165, 1.54) is 0 Å². The first-order valence-corrected chi connectivity index (χ1v) is 6.33. The third kappa shape index (κ3) is 2.91. The number of rotatable bonds is 5. The van der Waals surface area contributed by atoms with Crippen molar-refractivity contribution in [3.8, 4) is 0 Å². The largest absolute Gasteiger partial charge is 0.273 e. The quantitative estimate of drug-likeness (QED) is 0.847. The third-order valence-corrected chi connectivity index (χ3v) is 3.20. The van der Waals surface area contributed by atoms with E-state index in [0.29, 0.717) is 16.6 Å². The average molecular weight is 245 g/mol. The maximum atomic E-state index is 11.7. The van der Waals surface area contributed by atoms with Gasteiger partial charge in [-0.1, -0.05) is 45.7 Å². The zero-order chi connectivity index (χ0) is 12.3. The van der Waals surface area contributed by atoms with Crippen LogP contribution in [0.4, 0.5) is 0 Å². The fourth-order valence-electron chi connectivity index (χ4n) is 1.99. The molecule has 0 aliphatic heterocycles. The second-order valence-corrected chi connectivity index (χ2v) is 5.16. The summed E-state index contributed by atoms with van der Waals surface area (Å²) in [5, 5.41) is 3.38. The smallest absolute Gasteiger partial charge is 0.269 e. The molecule has 1 unspecified atom stereocenters. The van der Waals surface area contributed by atoms with Crippen molar-refractivity contribution < 1.29 is 0 Å². The zero-order valence-electron chi connectivity index (χ0n) is 10.5. The minimum Gasteiger partial charge on any atom is -0.273 e. The Morgan fingerprint density at radius 1 is 1.38 bits per heavy atom. The Hall–Kier alpha value is -0.700. The van der Waals surface area contributed by atoms with Crippen molar-refractivity contribution in [2.45, 2.75) is 53.0 Å². The van der Waals surface area contributed by atoms with Gasteiger partial charge in [-0.25, -0.2) is 0 Å². The summed E-state index contributed by atoms with van der Waals surface area (Å²) in [6.07, 6.45) is 2.30. The van der Waals surface area contributed by atoms with Gasteiger partial charge >= 0.3 is 0 Å². The molecule has 92 valence electrons. The van der Waals surface area contributed by atoms with Gasteiger partial charge in [-0.15, -0.1) is 0 Å². The van der Waals surface area contributed by atoms with Crippen molar-refractivity contribution in [3.63, 3.8) is 0 Å². The Bertz CT molecular complexity index is 392. The van der Waals surface area contributed by atoms with Gasteiger partial charge in [-0.2, -0.15) is 0 Å². The first-order valence-electron chi connectivity index (χ1n) is 5.95. The van der Waals surface area contributed by atoms with Crippen molar-refractivity contribution in [1.29, 1.82) is 0 Å². The molecule has 16 heavy (non-hydrogen) atoms. The van der Waals surface area contributed by atoms with Gasteiger partial charge in [0.25, 0.3) is 5.56 Å². The van der Waals surface area contributed by atoms with Gasteiger partial charge in [0.2, 0.25) is 0 Å². The molecule has 0 fully saturated rings. The normalized spacial score (nSPS) is 13.4. The Labute approximate surface area is 102 Å². The maximum absolute atomic E-state index is 11.7. The monoisotopic (exact) mass is 244 g/mol. The Morgan fingerprint density at radius 3 is 2.44 bits per heavy atom. The van der Waals surface area contributed by atoms with E-state index in [1.54, 1.807) is 4.68 Å². The lowest BCUT2D eigenvalue weighted by Crippen LogP contribution is -2.12. The van der Waals surface area contributed by atoms with Gasteiger partial charge in [0, 0.05) is 6.54 Å². The number of aromatic amines is 1. The summed E-state index contributed by atoms with van der Waals surface area (Å²) >= 11 is 6.20. The van der Waals surface area contributed by atoms with Crippen LogP contribution in [0.15, 0.2) is 4.79 Å². The van der Waals surface area contributed by atoms with E-state index in [9.17, 15) is 4.79 Å². The molecule has 4 heteroatoms. The molecule has 0 aliphatic rings. The van der Waals surface area contributed by atoms with Crippen molar-refractivity contribution in [2.24, 2.45) is 5.92 Å². The van der Waals surface area contributed by atoms with E-state index < -0.39 is 0 Å². The molecule has 1 heterocycles. The Morgan fingerprint density at radius 2 is 2.00 bits per heavy atom. The summed E-state index contributed by atoms with van der Waals surface area (Å²) in [6.45, 7) is 9.09. The number of hydrogen-bond donors (Lipinski definition) is 1. The molecule has 0 radical (unpaired) electrons. The maximum Gasteiger partial charge on any atom is 0.269 e. The van der Waals surface area contributed by atoms with Crippen LogP contribution in [-0.2, 0) is 6.54 Å². The first-order chi connectivity index (χ1) is 7.47. The minimum atomic E-state index is -0.0521. The molecule has 3 nitrogen and oxygen atoms in total. The van der Waals surface area contributed by atoms with Gasteiger partial charge in [0.15, 0.2) is 0 Å². The number of halogens is 1. The predicted molar refractivity (Wildman–Crippen MR) is 68.2 cm³/mol. The summed E-state index contributed by atoms with van der Waals surface area (Å²) in [7, 11) is 0. The van der Waals surface area contributed by atoms with E-state index in [1.807, 2.05) is 13.8 Å². The van der Waals surface area contributed by atoms with Gasteiger partial charge < -0.3 is 0 Å². The van der Waals surface area contributed by atoms with Gasteiger partial charge in [-0.05, 0) is 18.3 Å². The summed E-state index contributed by atoms with van der Waals surface area (Å²) in [5.41, 5.74) is 0.647. The molecule has 0 aromatic carbocycles. The number of aromatic nitrogens is 2. The lowest BCUT2D eigenvalue weighted by atomic mass is 10.1. The molecule has 0 saturated carbocycles. The van der Waals surface area contributed by atoms with Crippen LogP contribution < -0.4 is 5.56 Å². The lowest BCUT2D eigenvalue weighted by Gasteiger charge is -2.11. The molecule has 1 aromatic rings. The Kier molecular flexibility index (Phi) is 4.66. The SMILES string of the molecule is CCCC(C)Cn1[nH]c(=O)c(C(C)C)c1Cl. The molecular formula is C12H21ClN2O. The van der Waals surface area contributed by atoms with Crippen LogP contribution in [-0.4, -0.2) is 9.78 Å². The molecule has 1 N–H and O–H groups in total. The molecule has 0 bridgehead atoms. The number of hydrogen-bond acceptors (Lipinski definition) is 1. The van der Waals surface area contributed by atoms with Crippen LogP contribution in [0.5, 0.6) is 0 Å². The fraction of sp³-hybridized carbons (Fsp3) is 0.750. The second-order valence-electron chi connectivity index (χ2n) is 4.80. The van der Waals surface area contributed by atoms with Crippen molar-refractivity contribution in [1.82, 2.24) is 9.78 Å². The van der Waals surface area contributed by atoms with Gasteiger partial charge in [0.05, 0.1) is 5.56 Å². The van der Waals surface area contributed by atoms with E-state index >= 15 is 0 Å². The van der Waals surface area contributed by atoms with E-state index in [-0.39, 0.29) is 11.5 Å². The van der Waals surface area contributed by atoms with E-state index in [2.05, 4.69) is 18.9 Å². The van der Waals surface area contributed by atoms with Crippen LogP contribution in [0, 0.1) is 5.92 Å². The highest BCUT2D eigenvalue weighted by atomic mass is 35.5. The van der Waals surface area contributed by atoms with Crippen molar-refractivity contribution in [2.75, 3.05) is 0 Å². The predicted octanol–water partition coefficient (Wildman–Crippen LogP) is 3.39. The highest BCUT2D eigenvalue weighted by Gasteiger charge is 2.16. The van der Waals surface area contributed by atoms with E-state index in [0.717, 1.165) is 19.4 Å². The average Bonchev–Trinajstić information content (AvgIpc) is 2.42. The Balaban J connectivity index is 2.91. The molecule has 0 saturated heterocycles. The number of nitrogens with one attached hydrogen (secondary N) is 1. The van der Waals surface area contributed by atoms with E-state index in [4.69, 9.17) is 11.6 Å². The summed E-state index contributed by atoms with van der Waals surface area (Å²) in [6, 6.07) is 0. The standard InChI is InChI=1S/C12H21ClN2O/c1-5-6-9(4)7-15-11(13)10(8(2)3)12(16)14-15/h8-9H,5-7H2,1-4H3,(H,14,16). The summed E-state index contributed by atoms with van der Waals surface area (Å²) < 4.78 is 1.78. The highest BCUT2D eigenvalue weighted by molar-refractivity contribution is 6.30. The zero-order valence-corrected chi connectivity index (χ0v) is 11.3.